The molecule has 0 spiro atoms. The molecular weight excluding hydrogens is 290 g/mol. The molecule has 0 aromatic heterocycles. The molecule has 118 valence electrons. The minimum Gasteiger partial charge on any atom is -0.496 e. The predicted molar refractivity (Wildman–Crippen MR) is 85.6 cm³/mol. The van der Waals surface area contributed by atoms with E-state index in [1.54, 1.807) is 33.5 Å². The summed E-state index contributed by atoms with van der Waals surface area (Å²) in [4.78, 5) is 11.5. The van der Waals surface area contributed by atoms with Gasteiger partial charge in [-0.05, 0) is 6.42 Å². The molecule has 0 unspecified atom stereocenters. The Hall–Kier alpha value is -1.40. The van der Waals surface area contributed by atoms with Gasteiger partial charge in [-0.3, -0.25) is 4.79 Å². The summed E-state index contributed by atoms with van der Waals surface area (Å²) in [5.41, 5.74) is 0.844. The molecule has 1 rings (SSSR count). The van der Waals surface area contributed by atoms with Crippen LogP contribution in [0.3, 0.4) is 0 Å². The highest BCUT2D eigenvalue weighted by Gasteiger charge is 2.17. The van der Waals surface area contributed by atoms with Crippen molar-refractivity contribution in [3.63, 3.8) is 0 Å². The maximum absolute atomic E-state index is 11.5. The second-order valence-corrected chi connectivity index (χ2v) is 5.01. The Morgan fingerprint density at radius 1 is 1.19 bits per heavy atom. The van der Waals surface area contributed by atoms with Crippen LogP contribution in [0.1, 0.15) is 25.3 Å². The van der Waals surface area contributed by atoms with Crippen molar-refractivity contribution in [3.05, 3.63) is 17.7 Å². The number of benzene rings is 1. The lowest BCUT2D eigenvalue weighted by atomic mass is 10.1. The minimum atomic E-state index is -0.283. The third kappa shape index (κ3) is 4.82. The molecule has 1 aromatic rings. The standard InChI is InChI=1S/C15H23NO4S/c1-5-6-12(15(17)21)16-9-11-13(19-3)7-10(18-2)8-14(11)20-4/h7-8,12,16H,5-6,9H2,1-4H3,(H,17,21)/t12-/m0/s1. The Morgan fingerprint density at radius 3 is 2.14 bits per heavy atom. The van der Waals surface area contributed by atoms with Gasteiger partial charge < -0.3 is 19.5 Å². The normalized spacial score (nSPS) is 11.9. The van der Waals surface area contributed by atoms with E-state index in [9.17, 15) is 4.79 Å². The van der Waals surface area contributed by atoms with Gasteiger partial charge in [0.25, 0.3) is 0 Å². The Bertz CT molecular complexity index is 454. The van der Waals surface area contributed by atoms with Gasteiger partial charge in [0.1, 0.15) is 17.2 Å². The highest BCUT2D eigenvalue weighted by atomic mass is 32.1. The quantitative estimate of drug-likeness (QED) is 0.686. The van der Waals surface area contributed by atoms with Gasteiger partial charge in [0.05, 0.1) is 32.9 Å². The smallest absolute Gasteiger partial charge is 0.202 e. The maximum atomic E-state index is 11.5. The largest absolute Gasteiger partial charge is 0.496 e. The summed E-state index contributed by atoms with van der Waals surface area (Å²) >= 11 is 3.92. The number of hydrogen-bond acceptors (Lipinski definition) is 5. The average Bonchev–Trinajstić information content (AvgIpc) is 2.50. The Labute approximate surface area is 131 Å². The number of carbonyl (C=O) groups excluding carboxylic acids is 1. The van der Waals surface area contributed by atoms with Crippen LogP contribution >= 0.6 is 12.6 Å². The van der Waals surface area contributed by atoms with Crippen LogP contribution in [0.15, 0.2) is 12.1 Å². The summed E-state index contributed by atoms with van der Waals surface area (Å²) < 4.78 is 16.0. The molecule has 0 radical (unpaired) electrons. The molecule has 0 heterocycles. The first-order valence-electron chi connectivity index (χ1n) is 6.82. The van der Waals surface area contributed by atoms with Gasteiger partial charge in [-0.25, -0.2) is 0 Å². The number of carbonyl (C=O) groups is 1. The molecule has 0 bridgehead atoms. The summed E-state index contributed by atoms with van der Waals surface area (Å²) in [6, 6.07) is 3.29. The molecular formula is C15H23NO4S. The molecule has 1 atom stereocenters. The summed E-state index contributed by atoms with van der Waals surface area (Å²) in [6.45, 7) is 2.48. The molecule has 0 saturated carbocycles. The van der Waals surface area contributed by atoms with Crippen molar-refractivity contribution in [3.8, 4) is 17.2 Å². The Morgan fingerprint density at radius 2 is 1.76 bits per heavy atom. The van der Waals surface area contributed by atoms with Gasteiger partial charge in [-0.2, -0.15) is 0 Å². The third-order valence-corrected chi connectivity index (χ3v) is 3.53. The average molecular weight is 313 g/mol. The zero-order valence-electron chi connectivity index (χ0n) is 12.9. The summed E-state index contributed by atoms with van der Waals surface area (Å²) in [7, 11) is 4.76. The lowest BCUT2D eigenvalue weighted by molar-refractivity contribution is -0.112. The van der Waals surface area contributed by atoms with Crippen LogP contribution in [-0.4, -0.2) is 32.5 Å². The lowest BCUT2D eigenvalue weighted by Crippen LogP contribution is -2.33. The van der Waals surface area contributed by atoms with Gasteiger partial charge in [-0.1, -0.05) is 13.3 Å². The van der Waals surface area contributed by atoms with Gasteiger partial charge in [0.15, 0.2) is 0 Å². The topological polar surface area (TPSA) is 56.8 Å². The van der Waals surface area contributed by atoms with Gasteiger partial charge in [0, 0.05) is 18.7 Å². The zero-order valence-corrected chi connectivity index (χ0v) is 13.8. The molecule has 0 aliphatic heterocycles. The number of methoxy groups -OCH3 is 3. The van der Waals surface area contributed by atoms with Crippen LogP contribution in [0.2, 0.25) is 0 Å². The molecule has 5 nitrogen and oxygen atoms in total. The van der Waals surface area contributed by atoms with E-state index in [1.165, 1.54) is 0 Å². The highest BCUT2D eigenvalue weighted by molar-refractivity contribution is 7.96. The van der Waals surface area contributed by atoms with Crippen LogP contribution < -0.4 is 19.5 Å². The maximum Gasteiger partial charge on any atom is 0.202 e. The summed E-state index contributed by atoms with van der Waals surface area (Å²) in [6.07, 6.45) is 1.64. The van der Waals surface area contributed by atoms with Crippen LogP contribution in [-0.2, 0) is 11.3 Å². The van der Waals surface area contributed by atoms with Crippen molar-refractivity contribution < 1.29 is 19.0 Å². The summed E-state index contributed by atoms with van der Waals surface area (Å²) in [5, 5.41) is 3.03. The number of thiol groups is 1. The van der Waals surface area contributed by atoms with Crippen LogP contribution in [0, 0.1) is 0 Å². The predicted octanol–water partition coefficient (Wildman–Crippen LogP) is 2.43. The van der Waals surface area contributed by atoms with E-state index in [1.807, 2.05) is 6.92 Å². The van der Waals surface area contributed by atoms with E-state index in [0.29, 0.717) is 23.8 Å². The first-order valence-corrected chi connectivity index (χ1v) is 7.27. The van der Waals surface area contributed by atoms with Crippen molar-refractivity contribution in [2.45, 2.75) is 32.4 Å². The Kier molecular flexibility index (Phi) is 7.39. The SMILES string of the molecule is CCC[C@H](NCc1c(OC)cc(OC)cc1OC)C(=O)S. The van der Waals surface area contributed by atoms with Crippen LogP contribution in [0.25, 0.3) is 0 Å². The fourth-order valence-corrected chi connectivity index (χ4v) is 2.30. The Balaban J connectivity index is 2.97. The highest BCUT2D eigenvalue weighted by Crippen LogP contribution is 2.34. The monoisotopic (exact) mass is 313 g/mol. The first kappa shape index (κ1) is 17.7. The van der Waals surface area contributed by atoms with E-state index >= 15 is 0 Å². The van der Waals surface area contributed by atoms with Crippen LogP contribution in [0.5, 0.6) is 17.2 Å². The van der Waals surface area contributed by atoms with Crippen molar-refractivity contribution in [2.75, 3.05) is 21.3 Å². The summed E-state index contributed by atoms with van der Waals surface area (Å²) in [5.74, 6) is 1.96. The van der Waals surface area contributed by atoms with Crippen LogP contribution in [0.4, 0.5) is 0 Å². The van der Waals surface area contributed by atoms with Crippen molar-refractivity contribution in [2.24, 2.45) is 0 Å². The van der Waals surface area contributed by atoms with Crippen molar-refractivity contribution in [1.82, 2.24) is 5.32 Å². The lowest BCUT2D eigenvalue weighted by Gasteiger charge is -2.18. The fraction of sp³-hybridized carbons (Fsp3) is 0.533. The molecule has 21 heavy (non-hydrogen) atoms. The van der Waals surface area contributed by atoms with Crippen molar-refractivity contribution >= 4 is 17.7 Å². The molecule has 0 saturated heterocycles. The second-order valence-electron chi connectivity index (χ2n) is 4.57. The van der Waals surface area contributed by atoms with E-state index in [4.69, 9.17) is 14.2 Å². The van der Waals surface area contributed by atoms with Gasteiger partial charge in [-0.15, -0.1) is 12.6 Å². The van der Waals surface area contributed by atoms with E-state index in [0.717, 1.165) is 18.4 Å². The molecule has 0 amide bonds. The molecule has 1 N–H and O–H groups in total. The number of rotatable bonds is 9. The van der Waals surface area contributed by atoms with Gasteiger partial charge >= 0.3 is 0 Å². The third-order valence-electron chi connectivity index (χ3n) is 3.22. The number of hydrogen-bond donors (Lipinski definition) is 2. The zero-order chi connectivity index (χ0) is 15.8. The second kappa shape index (κ2) is 8.79. The van der Waals surface area contributed by atoms with Crippen molar-refractivity contribution in [1.29, 1.82) is 0 Å². The fourth-order valence-electron chi connectivity index (χ4n) is 2.08. The van der Waals surface area contributed by atoms with E-state index in [-0.39, 0.29) is 11.2 Å². The number of nitrogens with one attached hydrogen (secondary N) is 1. The minimum absolute atomic E-state index is 0.164. The molecule has 1 aromatic carbocycles. The van der Waals surface area contributed by atoms with E-state index in [2.05, 4.69) is 17.9 Å². The molecule has 0 aliphatic carbocycles. The number of ether oxygens (including phenoxy) is 3. The molecule has 0 aliphatic rings. The van der Waals surface area contributed by atoms with E-state index < -0.39 is 0 Å². The first-order chi connectivity index (χ1) is 10.1. The molecule has 0 fully saturated rings. The van der Waals surface area contributed by atoms with Gasteiger partial charge in [0.2, 0.25) is 5.12 Å². The molecule has 6 heteroatoms.